The predicted molar refractivity (Wildman–Crippen MR) is 90.3 cm³/mol. The molecule has 1 N–H and O–H groups in total. The van der Waals surface area contributed by atoms with Crippen molar-refractivity contribution in [1.82, 2.24) is 9.38 Å². The summed E-state index contributed by atoms with van der Waals surface area (Å²) in [6, 6.07) is 8.80. The minimum Gasteiger partial charge on any atom is -0.321 e. The van der Waals surface area contributed by atoms with Gasteiger partial charge in [-0.2, -0.15) is 0 Å². The molecule has 0 saturated heterocycles. The van der Waals surface area contributed by atoms with Crippen molar-refractivity contribution >= 4 is 28.8 Å². The standard InChI is InChI=1S/C17H14ClN3O2/c1-10-6-7-15-19-8-12(17(23)21(15)9-10)16(22)20-14-5-3-4-13(18)11(14)2/h3-9H,1-2H3,(H,20,22). The summed E-state index contributed by atoms with van der Waals surface area (Å²) >= 11 is 6.04. The van der Waals surface area contributed by atoms with Crippen LogP contribution in [0, 0.1) is 13.8 Å². The summed E-state index contributed by atoms with van der Waals surface area (Å²) in [5.41, 5.74) is 2.28. The van der Waals surface area contributed by atoms with Crippen molar-refractivity contribution in [2.75, 3.05) is 5.32 Å². The van der Waals surface area contributed by atoms with E-state index in [0.29, 0.717) is 16.4 Å². The van der Waals surface area contributed by atoms with Crippen LogP contribution in [0.15, 0.2) is 47.5 Å². The van der Waals surface area contributed by atoms with E-state index in [1.165, 1.54) is 10.6 Å². The monoisotopic (exact) mass is 327 g/mol. The number of halogens is 1. The molecule has 0 bridgehead atoms. The molecule has 0 radical (unpaired) electrons. The van der Waals surface area contributed by atoms with E-state index in [-0.39, 0.29) is 5.56 Å². The Balaban J connectivity index is 2.03. The van der Waals surface area contributed by atoms with Gasteiger partial charge in [0.1, 0.15) is 11.2 Å². The second-order valence-electron chi connectivity index (χ2n) is 5.28. The summed E-state index contributed by atoms with van der Waals surface area (Å²) in [5.74, 6) is -0.510. The first-order chi connectivity index (χ1) is 11.0. The second kappa shape index (κ2) is 5.85. The number of amides is 1. The van der Waals surface area contributed by atoms with E-state index in [4.69, 9.17) is 11.6 Å². The molecule has 6 heteroatoms. The number of anilines is 1. The summed E-state index contributed by atoms with van der Waals surface area (Å²) < 4.78 is 1.37. The van der Waals surface area contributed by atoms with Crippen molar-refractivity contribution in [2.24, 2.45) is 0 Å². The van der Waals surface area contributed by atoms with E-state index in [2.05, 4.69) is 10.3 Å². The van der Waals surface area contributed by atoms with Gasteiger partial charge >= 0.3 is 0 Å². The Morgan fingerprint density at radius 3 is 2.78 bits per heavy atom. The van der Waals surface area contributed by atoms with E-state index in [0.717, 1.165) is 11.1 Å². The van der Waals surface area contributed by atoms with E-state index in [1.54, 1.807) is 37.4 Å². The van der Waals surface area contributed by atoms with Crippen molar-refractivity contribution in [3.63, 3.8) is 0 Å². The van der Waals surface area contributed by atoms with Crippen LogP contribution in [0.1, 0.15) is 21.5 Å². The Morgan fingerprint density at radius 2 is 2.00 bits per heavy atom. The van der Waals surface area contributed by atoms with E-state index < -0.39 is 11.5 Å². The number of hydrogen-bond donors (Lipinski definition) is 1. The molecule has 0 fully saturated rings. The van der Waals surface area contributed by atoms with Crippen molar-refractivity contribution < 1.29 is 4.79 Å². The minimum atomic E-state index is -0.510. The lowest BCUT2D eigenvalue weighted by atomic mass is 10.2. The maximum Gasteiger partial charge on any atom is 0.270 e. The second-order valence-corrected chi connectivity index (χ2v) is 5.69. The highest BCUT2D eigenvalue weighted by molar-refractivity contribution is 6.31. The van der Waals surface area contributed by atoms with Crippen LogP contribution in [0.5, 0.6) is 0 Å². The van der Waals surface area contributed by atoms with Crippen LogP contribution < -0.4 is 10.9 Å². The van der Waals surface area contributed by atoms with E-state index in [9.17, 15) is 9.59 Å². The summed E-state index contributed by atoms with van der Waals surface area (Å²) in [6.07, 6.45) is 2.95. The molecule has 0 saturated carbocycles. The molecule has 2 aromatic heterocycles. The fourth-order valence-corrected chi connectivity index (χ4v) is 2.45. The fourth-order valence-electron chi connectivity index (χ4n) is 2.27. The first kappa shape index (κ1) is 15.2. The molecule has 0 aliphatic carbocycles. The molecule has 3 rings (SSSR count). The zero-order chi connectivity index (χ0) is 16.6. The Kier molecular flexibility index (Phi) is 3.88. The van der Waals surface area contributed by atoms with Gasteiger partial charge in [-0.15, -0.1) is 0 Å². The number of benzene rings is 1. The van der Waals surface area contributed by atoms with Crippen molar-refractivity contribution in [3.8, 4) is 0 Å². The number of aromatic nitrogens is 2. The lowest BCUT2D eigenvalue weighted by molar-refractivity contribution is 0.102. The number of nitrogens with one attached hydrogen (secondary N) is 1. The highest BCUT2D eigenvalue weighted by atomic mass is 35.5. The van der Waals surface area contributed by atoms with Gasteiger partial charge in [-0.25, -0.2) is 4.98 Å². The number of rotatable bonds is 2. The molecule has 0 atom stereocenters. The SMILES string of the molecule is Cc1ccc2ncc(C(=O)Nc3cccc(Cl)c3C)c(=O)n2c1. The van der Waals surface area contributed by atoms with Gasteiger partial charge in [0.25, 0.3) is 11.5 Å². The summed E-state index contributed by atoms with van der Waals surface area (Å²) in [6.45, 7) is 3.67. The smallest absolute Gasteiger partial charge is 0.270 e. The van der Waals surface area contributed by atoms with E-state index in [1.807, 2.05) is 13.0 Å². The number of carbonyl (C=O) groups excluding carboxylic acids is 1. The molecule has 0 aliphatic rings. The van der Waals surface area contributed by atoms with E-state index >= 15 is 0 Å². The van der Waals surface area contributed by atoms with Crippen molar-refractivity contribution in [1.29, 1.82) is 0 Å². The molecular formula is C17H14ClN3O2. The zero-order valence-corrected chi connectivity index (χ0v) is 13.4. The maximum atomic E-state index is 12.5. The molecule has 5 nitrogen and oxygen atoms in total. The maximum absolute atomic E-state index is 12.5. The van der Waals surface area contributed by atoms with Gasteiger partial charge < -0.3 is 5.32 Å². The highest BCUT2D eigenvalue weighted by Crippen LogP contribution is 2.23. The Bertz CT molecular complexity index is 979. The average Bonchev–Trinajstić information content (AvgIpc) is 2.52. The Hall–Kier alpha value is -2.66. The lowest BCUT2D eigenvalue weighted by Gasteiger charge is -2.09. The minimum absolute atomic E-state index is 0.0209. The third-order valence-corrected chi connectivity index (χ3v) is 4.02. The summed E-state index contributed by atoms with van der Waals surface area (Å²) in [7, 11) is 0. The molecule has 2 heterocycles. The van der Waals surface area contributed by atoms with Gasteiger partial charge in [0.15, 0.2) is 0 Å². The van der Waals surface area contributed by atoms with Crippen LogP contribution in [0.3, 0.4) is 0 Å². The fraction of sp³-hybridized carbons (Fsp3) is 0.118. The molecular weight excluding hydrogens is 314 g/mol. The molecule has 0 aliphatic heterocycles. The van der Waals surface area contributed by atoms with Crippen LogP contribution in [0.2, 0.25) is 5.02 Å². The number of aryl methyl sites for hydroxylation is 1. The molecule has 0 unspecified atom stereocenters. The Labute approximate surface area is 137 Å². The van der Waals surface area contributed by atoms with Crippen molar-refractivity contribution in [3.05, 3.63) is 74.8 Å². The summed E-state index contributed by atoms with van der Waals surface area (Å²) in [4.78, 5) is 29.1. The van der Waals surface area contributed by atoms with Crippen molar-refractivity contribution in [2.45, 2.75) is 13.8 Å². The lowest BCUT2D eigenvalue weighted by Crippen LogP contribution is -2.27. The van der Waals surface area contributed by atoms with Crippen LogP contribution >= 0.6 is 11.6 Å². The topological polar surface area (TPSA) is 63.5 Å². The third-order valence-electron chi connectivity index (χ3n) is 3.61. The number of fused-ring (bicyclic) bond motifs is 1. The summed E-state index contributed by atoms with van der Waals surface area (Å²) in [5, 5.41) is 3.26. The van der Waals surface area contributed by atoms with Crippen LogP contribution in [-0.2, 0) is 0 Å². The van der Waals surface area contributed by atoms with Crippen LogP contribution in [0.4, 0.5) is 5.69 Å². The van der Waals surface area contributed by atoms with Gasteiger partial charge in [0.05, 0.1) is 0 Å². The molecule has 3 aromatic rings. The highest BCUT2D eigenvalue weighted by Gasteiger charge is 2.15. The number of carbonyl (C=O) groups is 1. The first-order valence-electron chi connectivity index (χ1n) is 7.02. The van der Waals surface area contributed by atoms with Gasteiger partial charge in [-0.3, -0.25) is 14.0 Å². The number of nitrogens with zero attached hydrogens (tertiary/aromatic N) is 2. The van der Waals surface area contributed by atoms with Gasteiger partial charge in [0, 0.05) is 23.1 Å². The molecule has 1 aromatic carbocycles. The largest absolute Gasteiger partial charge is 0.321 e. The zero-order valence-electron chi connectivity index (χ0n) is 12.6. The van der Waals surface area contributed by atoms with Gasteiger partial charge in [-0.05, 0) is 43.2 Å². The van der Waals surface area contributed by atoms with Crippen LogP contribution in [-0.4, -0.2) is 15.3 Å². The molecule has 1 amide bonds. The normalized spacial score (nSPS) is 10.7. The first-order valence-corrected chi connectivity index (χ1v) is 7.39. The third kappa shape index (κ3) is 2.83. The molecule has 116 valence electrons. The quantitative estimate of drug-likeness (QED) is 0.786. The number of hydrogen-bond acceptors (Lipinski definition) is 3. The average molecular weight is 328 g/mol. The molecule has 0 spiro atoms. The number of pyridine rings is 1. The molecule has 23 heavy (non-hydrogen) atoms. The van der Waals surface area contributed by atoms with Gasteiger partial charge in [-0.1, -0.05) is 23.7 Å². The van der Waals surface area contributed by atoms with Crippen LogP contribution in [0.25, 0.3) is 5.65 Å². The van der Waals surface area contributed by atoms with Gasteiger partial charge in [0.2, 0.25) is 0 Å². The predicted octanol–water partition coefficient (Wildman–Crippen LogP) is 3.22. The Morgan fingerprint density at radius 1 is 1.22 bits per heavy atom.